The molecule has 1 atom stereocenters. The topological polar surface area (TPSA) is 58.6 Å². The maximum Gasteiger partial charge on any atom is 0.239 e. The number of halogens is 1. The smallest absolute Gasteiger partial charge is 0.239 e. The molecule has 2 amide bonds. The Morgan fingerprint density at radius 1 is 1.21 bits per heavy atom. The largest absolute Gasteiger partial charge is 0.374 e. The molecule has 6 heteroatoms. The summed E-state index contributed by atoms with van der Waals surface area (Å²) >= 11 is 3.42. The summed E-state index contributed by atoms with van der Waals surface area (Å²) < 4.78 is 6.49. The Balaban J connectivity index is 1.53. The first-order valence-corrected chi connectivity index (χ1v) is 10.3. The van der Waals surface area contributed by atoms with Crippen LogP contribution in [0.4, 0.5) is 5.69 Å². The Hall–Kier alpha value is -2.18. The number of carbonyl (C=O) groups is 2. The molecule has 2 aromatic carbocycles. The number of nitrogens with one attached hydrogen (secondary N) is 1. The van der Waals surface area contributed by atoms with Gasteiger partial charge in [-0.2, -0.15) is 0 Å². The van der Waals surface area contributed by atoms with Crippen molar-refractivity contribution >= 4 is 33.4 Å². The summed E-state index contributed by atoms with van der Waals surface area (Å²) in [6, 6.07) is 15.5. The summed E-state index contributed by atoms with van der Waals surface area (Å²) in [6.45, 7) is 5.55. The summed E-state index contributed by atoms with van der Waals surface area (Å²) in [5.74, 6) is -0.982. The average molecular weight is 445 g/mol. The molecule has 0 aromatic heterocycles. The molecule has 1 aliphatic heterocycles. The van der Waals surface area contributed by atoms with Crippen LogP contribution in [0.1, 0.15) is 31.4 Å². The van der Waals surface area contributed by atoms with Gasteiger partial charge in [-0.15, -0.1) is 0 Å². The lowest BCUT2D eigenvalue weighted by molar-refractivity contribution is -0.132. The van der Waals surface area contributed by atoms with E-state index in [0.29, 0.717) is 26.1 Å². The Bertz CT molecular complexity index is 836. The Kier molecular flexibility index (Phi) is 6.86. The minimum absolute atomic E-state index is 0.142. The fourth-order valence-electron chi connectivity index (χ4n) is 3.15. The molecule has 0 saturated carbocycles. The molecule has 1 saturated heterocycles. The SMILES string of the molecule is CC(C)OCc1ccc(CNC(=O)C2CCN(c3cccc(Br)c3)C2=O)cc1. The molecule has 0 aliphatic carbocycles. The molecule has 0 bridgehead atoms. The molecule has 148 valence electrons. The second kappa shape index (κ2) is 9.34. The van der Waals surface area contributed by atoms with E-state index in [4.69, 9.17) is 4.74 Å². The van der Waals surface area contributed by atoms with Gasteiger partial charge in [0.05, 0.1) is 12.7 Å². The lowest BCUT2D eigenvalue weighted by Gasteiger charge is -2.17. The van der Waals surface area contributed by atoms with Gasteiger partial charge in [0.15, 0.2) is 0 Å². The van der Waals surface area contributed by atoms with Gasteiger partial charge < -0.3 is 15.0 Å². The third kappa shape index (κ3) is 5.20. The van der Waals surface area contributed by atoms with Gasteiger partial charge in [0.25, 0.3) is 0 Å². The highest BCUT2D eigenvalue weighted by Crippen LogP contribution is 2.27. The highest BCUT2D eigenvalue weighted by atomic mass is 79.9. The van der Waals surface area contributed by atoms with Crippen molar-refractivity contribution in [3.63, 3.8) is 0 Å². The quantitative estimate of drug-likeness (QED) is 0.655. The molecule has 1 fully saturated rings. The Morgan fingerprint density at radius 3 is 2.61 bits per heavy atom. The monoisotopic (exact) mass is 444 g/mol. The van der Waals surface area contributed by atoms with Crippen LogP contribution in [0.3, 0.4) is 0 Å². The molecule has 0 radical (unpaired) electrons. The van der Waals surface area contributed by atoms with E-state index in [1.165, 1.54) is 0 Å². The van der Waals surface area contributed by atoms with Crippen LogP contribution in [0.25, 0.3) is 0 Å². The van der Waals surface area contributed by atoms with Crippen molar-refractivity contribution in [2.24, 2.45) is 5.92 Å². The standard InChI is InChI=1S/C22H25BrN2O3/c1-15(2)28-14-17-8-6-16(7-9-17)13-24-21(26)20-10-11-25(22(20)27)19-5-3-4-18(23)12-19/h3-9,12,15,20H,10-11,13-14H2,1-2H3,(H,24,26). The third-order valence-corrected chi connectivity index (χ3v) is 5.21. The second-order valence-corrected chi connectivity index (χ2v) is 8.12. The van der Waals surface area contributed by atoms with Gasteiger partial charge in [-0.1, -0.05) is 46.3 Å². The number of anilines is 1. The molecule has 5 nitrogen and oxygen atoms in total. The van der Waals surface area contributed by atoms with Crippen LogP contribution < -0.4 is 10.2 Å². The van der Waals surface area contributed by atoms with Gasteiger partial charge in [0, 0.05) is 23.2 Å². The minimum Gasteiger partial charge on any atom is -0.374 e. The summed E-state index contributed by atoms with van der Waals surface area (Å²) in [7, 11) is 0. The lowest BCUT2D eigenvalue weighted by Crippen LogP contribution is -2.36. The van der Waals surface area contributed by atoms with E-state index in [0.717, 1.165) is 21.3 Å². The summed E-state index contributed by atoms with van der Waals surface area (Å²) in [5, 5.41) is 2.90. The van der Waals surface area contributed by atoms with Gasteiger partial charge in [-0.25, -0.2) is 0 Å². The van der Waals surface area contributed by atoms with Gasteiger partial charge in [0.2, 0.25) is 11.8 Å². The van der Waals surface area contributed by atoms with E-state index in [2.05, 4.69) is 21.2 Å². The first kappa shape index (κ1) is 20.6. The van der Waals surface area contributed by atoms with Gasteiger partial charge >= 0.3 is 0 Å². The van der Waals surface area contributed by atoms with Crippen molar-refractivity contribution in [1.82, 2.24) is 5.32 Å². The van der Waals surface area contributed by atoms with Crippen LogP contribution in [-0.2, 0) is 27.5 Å². The summed E-state index contributed by atoms with van der Waals surface area (Å²) in [5.41, 5.74) is 2.91. The molecular weight excluding hydrogens is 420 g/mol. The molecule has 1 heterocycles. The van der Waals surface area contributed by atoms with Gasteiger partial charge in [-0.3, -0.25) is 9.59 Å². The summed E-state index contributed by atoms with van der Waals surface area (Å²) in [6.07, 6.45) is 0.724. The van der Waals surface area contributed by atoms with Crippen molar-refractivity contribution in [1.29, 1.82) is 0 Å². The van der Waals surface area contributed by atoms with Gasteiger partial charge in [-0.05, 0) is 49.6 Å². The van der Waals surface area contributed by atoms with Crippen LogP contribution >= 0.6 is 15.9 Å². The van der Waals surface area contributed by atoms with Crippen LogP contribution in [0.2, 0.25) is 0 Å². The molecule has 1 N–H and O–H groups in total. The normalized spacial score (nSPS) is 16.6. The minimum atomic E-state index is -0.627. The number of hydrogen-bond donors (Lipinski definition) is 1. The van der Waals surface area contributed by atoms with E-state index in [-0.39, 0.29) is 17.9 Å². The fourth-order valence-corrected chi connectivity index (χ4v) is 3.54. The van der Waals surface area contributed by atoms with E-state index in [9.17, 15) is 9.59 Å². The van der Waals surface area contributed by atoms with E-state index < -0.39 is 5.92 Å². The molecule has 0 spiro atoms. The lowest BCUT2D eigenvalue weighted by atomic mass is 10.1. The maximum absolute atomic E-state index is 12.7. The first-order valence-electron chi connectivity index (χ1n) is 9.48. The molecule has 1 aliphatic rings. The van der Waals surface area contributed by atoms with Crippen molar-refractivity contribution in [3.8, 4) is 0 Å². The Labute approximate surface area is 174 Å². The maximum atomic E-state index is 12.7. The van der Waals surface area contributed by atoms with Crippen molar-refractivity contribution in [2.75, 3.05) is 11.4 Å². The van der Waals surface area contributed by atoms with Crippen LogP contribution in [0.5, 0.6) is 0 Å². The molecule has 28 heavy (non-hydrogen) atoms. The number of hydrogen-bond acceptors (Lipinski definition) is 3. The zero-order chi connectivity index (χ0) is 20.1. The zero-order valence-corrected chi connectivity index (χ0v) is 17.7. The number of carbonyl (C=O) groups excluding carboxylic acids is 2. The number of rotatable bonds is 7. The van der Waals surface area contributed by atoms with Crippen molar-refractivity contribution in [3.05, 3.63) is 64.1 Å². The van der Waals surface area contributed by atoms with E-state index in [1.54, 1.807) is 4.90 Å². The highest BCUT2D eigenvalue weighted by Gasteiger charge is 2.37. The third-order valence-electron chi connectivity index (χ3n) is 4.71. The van der Waals surface area contributed by atoms with Crippen LogP contribution in [-0.4, -0.2) is 24.5 Å². The number of benzene rings is 2. The molecule has 3 rings (SSSR count). The van der Waals surface area contributed by atoms with E-state index >= 15 is 0 Å². The molecule has 2 aromatic rings. The second-order valence-electron chi connectivity index (χ2n) is 7.21. The predicted octanol–water partition coefficient (Wildman–Crippen LogP) is 4.04. The molecule has 1 unspecified atom stereocenters. The number of ether oxygens (including phenoxy) is 1. The number of nitrogens with zero attached hydrogens (tertiary/aromatic N) is 1. The first-order chi connectivity index (χ1) is 13.4. The van der Waals surface area contributed by atoms with Crippen LogP contribution in [0, 0.1) is 5.92 Å². The molecular formula is C22H25BrN2O3. The van der Waals surface area contributed by atoms with Gasteiger partial charge in [0.1, 0.15) is 5.92 Å². The zero-order valence-electron chi connectivity index (χ0n) is 16.2. The fraction of sp³-hybridized carbons (Fsp3) is 0.364. The highest BCUT2D eigenvalue weighted by molar-refractivity contribution is 9.10. The van der Waals surface area contributed by atoms with Crippen molar-refractivity contribution < 1.29 is 14.3 Å². The summed E-state index contributed by atoms with van der Waals surface area (Å²) in [4.78, 5) is 26.9. The predicted molar refractivity (Wildman–Crippen MR) is 113 cm³/mol. The van der Waals surface area contributed by atoms with Crippen LogP contribution in [0.15, 0.2) is 53.0 Å². The average Bonchev–Trinajstić information content (AvgIpc) is 3.06. The van der Waals surface area contributed by atoms with Crippen molar-refractivity contribution in [2.45, 2.75) is 39.5 Å². The Morgan fingerprint density at radius 2 is 1.93 bits per heavy atom. The number of amides is 2. The van der Waals surface area contributed by atoms with E-state index in [1.807, 2.05) is 62.4 Å².